The second-order valence-electron chi connectivity index (χ2n) is 7.29. The summed E-state index contributed by atoms with van der Waals surface area (Å²) < 4.78 is 0. The summed E-state index contributed by atoms with van der Waals surface area (Å²) in [5, 5.41) is 5.06. The summed E-state index contributed by atoms with van der Waals surface area (Å²) in [4.78, 5) is 29.9. The van der Waals surface area contributed by atoms with Gasteiger partial charge in [0.15, 0.2) is 0 Å². The van der Waals surface area contributed by atoms with Crippen molar-refractivity contribution in [2.24, 2.45) is 5.92 Å². The number of benzene rings is 2. The number of thiophene rings is 1. The number of para-hydroxylation sites is 1. The minimum absolute atomic E-state index is 0.0419. The molecule has 6 heteroatoms. The molecule has 1 saturated heterocycles. The highest BCUT2D eigenvalue weighted by molar-refractivity contribution is 7.98. The lowest BCUT2D eigenvalue weighted by Gasteiger charge is -2.31. The zero-order chi connectivity index (χ0) is 20.8. The van der Waals surface area contributed by atoms with E-state index in [1.165, 1.54) is 4.88 Å². The molecule has 1 aliphatic rings. The zero-order valence-corrected chi connectivity index (χ0v) is 18.3. The van der Waals surface area contributed by atoms with Gasteiger partial charge in [0, 0.05) is 40.2 Å². The molecule has 1 aromatic heterocycles. The Morgan fingerprint density at radius 3 is 2.43 bits per heavy atom. The van der Waals surface area contributed by atoms with Gasteiger partial charge >= 0.3 is 0 Å². The van der Waals surface area contributed by atoms with E-state index in [1.54, 1.807) is 23.1 Å². The maximum Gasteiger partial charge on any atom is 0.254 e. The van der Waals surface area contributed by atoms with Crippen molar-refractivity contribution in [3.8, 4) is 0 Å². The minimum atomic E-state index is -0.0577. The smallest absolute Gasteiger partial charge is 0.254 e. The predicted octanol–water partition coefficient (Wildman–Crippen LogP) is 5.53. The van der Waals surface area contributed by atoms with Crippen LogP contribution < -0.4 is 5.32 Å². The molecule has 2 amide bonds. The molecule has 0 atom stereocenters. The van der Waals surface area contributed by atoms with E-state index >= 15 is 0 Å². The van der Waals surface area contributed by atoms with Crippen LogP contribution in [0.25, 0.3) is 0 Å². The molecule has 4 rings (SSSR count). The molecule has 0 spiro atoms. The van der Waals surface area contributed by atoms with Gasteiger partial charge in [-0.2, -0.15) is 0 Å². The van der Waals surface area contributed by atoms with Crippen molar-refractivity contribution < 1.29 is 9.59 Å². The summed E-state index contributed by atoms with van der Waals surface area (Å²) in [5.41, 5.74) is 1.57. The van der Waals surface area contributed by atoms with Gasteiger partial charge in [-0.1, -0.05) is 36.4 Å². The van der Waals surface area contributed by atoms with Crippen LogP contribution in [-0.4, -0.2) is 29.8 Å². The van der Waals surface area contributed by atoms with Crippen molar-refractivity contribution in [1.82, 2.24) is 4.90 Å². The summed E-state index contributed by atoms with van der Waals surface area (Å²) in [6.07, 6.45) is 1.38. The number of hydrogen-bond acceptors (Lipinski definition) is 4. The van der Waals surface area contributed by atoms with Gasteiger partial charge in [0.1, 0.15) is 0 Å². The van der Waals surface area contributed by atoms with Crippen molar-refractivity contribution in [2.75, 3.05) is 18.4 Å². The summed E-state index contributed by atoms with van der Waals surface area (Å²) in [5.74, 6) is 0.910. The molecular weight excluding hydrogens is 412 g/mol. The Kier molecular flexibility index (Phi) is 6.87. The number of carbonyl (C=O) groups excluding carboxylic acids is 2. The Balaban J connectivity index is 1.34. The van der Waals surface area contributed by atoms with E-state index < -0.39 is 0 Å². The second-order valence-corrected chi connectivity index (χ2v) is 9.34. The van der Waals surface area contributed by atoms with Crippen LogP contribution in [0.1, 0.15) is 28.1 Å². The Bertz CT molecular complexity index is 981. The Morgan fingerprint density at radius 1 is 0.967 bits per heavy atom. The van der Waals surface area contributed by atoms with Crippen molar-refractivity contribution in [2.45, 2.75) is 23.5 Å². The van der Waals surface area contributed by atoms with Crippen LogP contribution in [0.3, 0.4) is 0 Å². The highest BCUT2D eigenvalue weighted by Crippen LogP contribution is 2.30. The number of amides is 2. The highest BCUT2D eigenvalue weighted by Gasteiger charge is 2.28. The van der Waals surface area contributed by atoms with Crippen LogP contribution in [-0.2, 0) is 10.5 Å². The van der Waals surface area contributed by atoms with Crippen LogP contribution in [0.15, 0.2) is 77.0 Å². The van der Waals surface area contributed by atoms with Crippen LogP contribution in [0.2, 0.25) is 0 Å². The van der Waals surface area contributed by atoms with Gasteiger partial charge in [-0.25, -0.2) is 0 Å². The molecule has 0 bridgehead atoms. The van der Waals surface area contributed by atoms with Crippen molar-refractivity contribution >= 4 is 40.6 Å². The Hall–Kier alpha value is -2.57. The van der Waals surface area contributed by atoms with E-state index in [-0.39, 0.29) is 17.7 Å². The van der Waals surface area contributed by atoms with Gasteiger partial charge in [0.05, 0.1) is 5.56 Å². The second kappa shape index (κ2) is 9.96. The number of anilines is 1. The van der Waals surface area contributed by atoms with Crippen molar-refractivity contribution in [3.63, 3.8) is 0 Å². The molecule has 0 aliphatic carbocycles. The summed E-state index contributed by atoms with van der Waals surface area (Å²) in [6, 6.07) is 21.5. The van der Waals surface area contributed by atoms with Gasteiger partial charge in [-0.05, 0) is 48.6 Å². The SMILES string of the molecule is O=C(Nc1ccccc1)C1CCN(C(=O)c2ccccc2SCc2cccs2)CC1. The Labute approximate surface area is 185 Å². The van der Waals surface area contributed by atoms with E-state index in [0.717, 1.165) is 21.9 Å². The molecule has 1 aliphatic heterocycles. The molecule has 3 aromatic rings. The van der Waals surface area contributed by atoms with E-state index in [2.05, 4.69) is 22.8 Å². The number of carbonyl (C=O) groups is 2. The van der Waals surface area contributed by atoms with E-state index in [4.69, 9.17) is 0 Å². The molecule has 30 heavy (non-hydrogen) atoms. The van der Waals surface area contributed by atoms with Crippen LogP contribution >= 0.6 is 23.1 Å². The lowest BCUT2D eigenvalue weighted by molar-refractivity contribution is -0.121. The molecule has 0 saturated carbocycles. The Morgan fingerprint density at radius 2 is 1.70 bits per heavy atom. The fraction of sp³-hybridized carbons (Fsp3) is 0.250. The first-order valence-electron chi connectivity index (χ1n) is 10.1. The standard InChI is InChI=1S/C24H24N2O2S2/c27-23(25-19-7-2-1-3-8-19)18-12-14-26(15-13-18)24(28)21-10-4-5-11-22(21)30-17-20-9-6-16-29-20/h1-11,16,18H,12-15,17H2,(H,25,27). The predicted molar refractivity (Wildman–Crippen MR) is 124 cm³/mol. The summed E-state index contributed by atoms with van der Waals surface area (Å²) in [7, 11) is 0. The molecular formula is C24H24N2O2S2. The maximum atomic E-state index is 13.2. The number of nitrogens with zero attached hydrogens (tertiary/aromatic N) is 1. The summed E-state index contributed by atoms with van der Waals surface area (Å²) in [6.45, 7) is 1.21. The number of nitrogens with one attached hydrogen (secondary N) is 1. The average molecular weight is 437 g/mol. The molecule has 0 unspecified atom stereocenters. The first kappa shape index (κ1) is 20.7. The number of likely N-dealkylation sites (tertiary alicyclic amines) is 1. The fourth-order valence-electron chi connectivity index (χ4n) is 3.59. The third-order valence-electron chi connectivity index (χ3n) is 5.26. The number of hydrogen-bond donors (Lipinski definition) is 1. The third kappa shape index (κ3) is 5.12. The number of thioether (sulfide) groups is 1. The molecule has 2 aromatic carbocycles. The van der Waals surface area contributed by atoms with Crippen LogP contribution in [0.5, 0.6) is 0 Å². The van der Waals surface area contributed by atoms with Crippen LogP contribution in [0, 0.1) is 5.92 Å². The zero-order valence-electron chi connectivity index (χ0n) is 16.6. The molecule has 2 heterocycles. The largest absolute Gasteiger partial charge is 0.339 e. The molecule has 0 radical (unpaired) electrons. The normalized spacial score (nSPS) is 14.5. The minimum Gasteiger partial charge on any atom is -0.339 e. The number of rotatable bonds is 6. The monoisotopic (exact) mass is 436 g/mol. The quantitative estimate of drug-likeness (QED) is 0.517. The first-order chi connectivity index (χ1) is 14.7. The lowest BCUT2D eigenvalue weighted by Crippen LogP contribution is -2.41. The third-order valence-corrected chi connectivity index (χ3v) is 7.44. The van der Waals surface area contributed by atoms with E-state index in [9.17, 15) is 9.59 Å². The van der Waals surface area contributed by atoms with Crippen molar-refractivity contribution in [1.29, 1.82) is 0 Å². The lowest BCUT2D eigenvalue weighted by atomic mass is 9.95. The number of piperidine rings is 1. The van der Waals surface area contributed by atoms with E-state index in [0.29, 0.717) is 25.9 Å². The van der Waals surface area contributed by atoms with Crippen LogP contribution in [0.4, 0.5) is 5.69 Å². The average Bonchev–Trinajstić information content (AvgIpc) is 3.32. The maximum absolute atomic E-state index is 13.2. The topological polar surface area (TPSA) is 49.4 Å². The fourth-order valence-corrected chi connectivity index (χ4v) is 5.41. The molecule has 154 valence electrons. The first-order valence-corrected chi connectivity index (χ1v) is 12.0. The molecule has 1 N–H and O–H groups in total. The van der Waals surface area contributed by atoms with Gasteiger partial charge in [-0.3, -0.25) is 9.59 Å². The highest BCUT2D eigenvalue weighted by atomic mass is 32.2. The summed E-state index contributed by atoms with van der Waals surface area (Å²) >= 11 is 3.44. The van der Waals surface area contributed by atoms with Gasteiger partial charge in [0.2, 0.25) is 5.91 Å². The molecule has 1 fully saturated rings. The van der Waals surface area contributed by atoms with Gasteiger partial charge < -0.3 is 10.2 Å². The van der Waals surface area contributed by atoms with Gasteiger partial charge in [-0.15, -0.1) is 23.1 Å². The molecule has 4 nitrogen and oxygen atoms in total. The van der Waals surface area contributed by atoms with E-state index in [1.807, 2.05) is 59.5 Å². The van der Waals surface area contributed by atoms with Crippen molar-refractivity contribution in [3.05, 3.63) is 82.6 Å². The van der Waals surface area contributed by atoms with Gasteiger partial charge in [0.25, 0.3) is 5.91 Å².